The van der Waals surface area contributed by atoms with E-state index >= 15 is 0 Å². The fourth-order valence-electron chi connectivity index (χ4n) is 2.74. The van der Waals surface area contributed by atoms with E-state index < -0.39 is 0 Å². The molecule has 114 valence electrons. The molecule has 6 heteroatoms. The molecule has 1 fully saturated rings. The van der Waals surface area contributed by atoms with Crippen molar-refractivity contribution < 1.29 is 4.52 Å². The van der Waals surface area contributed by atoms with E-state index in [1.807, 2.05) is 17.5 Å². The third-order valence-electron chi connectivity index (χ3n) is 3.83. The smallest absolute Gasteiger partial charge is 0.227 e. The molecule has 3 rings (SSSR count). The lowest BCUT2D eigenvalue weighted by Gasteiger charge is -2.20. The van der Waals surface area contributed by atoms with Gasteiger partial charge in [0.1, 0.15) is 0 Å². The SMILES string of the molecule is CN(CCCc1nc(-c2cccs2)no1)CC1CCCN1. The molecular weight excluding hydrogens is 284 g/mol. The van der Waals surface area contributed by atoms with Crippen LogP contribution in [-0.2, 0) is 6.42 Å². The van der Waals surface area contributed by atoms with E-state index in [1.54, 1.807) is 11.3 Å². The Morgan fingerprint density at radius 3 is 3.24 bits per heavy atom. The second kappa shape index (κ2) is 7.15. The summed E-state index contributed by atoms with van der Waals surface area (Å²) in [4.78, 5) is 7.91. The van der Waals surface area contributed by atoms with E-state index in [2.05, 4.69) is 27.4 Å². The zero-order valence-electron chi connectivity index (χ0n) is 12.4. The van der Waals surface area contributed by atoms with E-state index in [0.29, 0.717) is 11.9 Å². The van der Waals surface area contributed by atoms with Gasteiger partial charge in [-0.3, -0.25) is 0 Å². The van der Waals surface area contributed by atoms with Gasteiger partial charge in [-0.15, -0.1) is 11.3 Å². The highest BCUT2D eigenvalue weighted by Gasteiger charge is 2.16. The predicted molar refractivity (Wildman–Crippen MR) is 84.5 cm³/mol. The van der Waals surface area contributed by atoms with Crippen LogP contribution in [0.5, 0.6) is 0 Å². The molecule has 1 saturated heterocycles. The Bertz CT molecular complexity index is 534. The van der Waals surface area contributed by atoms with Crippen molar-refractivity contribution in [3.63, 3.8) is 0 Å². The number of aromatic nitrogens is 2. The summed E-state index contributed by atoms with van der Waals surface area (Å²) in [5.74, 6) is 1.45. The predicted octanol–water partition coefficient (Wildman–Crippen LogP) is 2.41. The Morgan fingerprint density at radius 2 is 2.48 bits per heavy atom. The van der Waals surface area contributed by atoms with Crippen LogP contribution >= 0.6 is 11.3 Å². The monoisotopic (exact) mass is 306 g/mol. The number of nitrogens with zero attached hydrogens (tertiary/aromatic N) is 3. The number of aryl methyl sites for hydroxylation is 1. The average molecular weight is 306 g/mol. The summed E-state index contributed by atoms with van der Waals surface area (Å²) in [5, 5.41) is 9.60. The van der Waals surface area contributed by atoms with Gasteiger partial charge in [0.05, 0.1) is 4.88 Å². The van der Waals surface area contributed by atoms with E-state index in [9.17, 15) is 0 Å². The van der Waals surface area contributed by atoms with Crippen LogP contribution in [0.2, 0.25) is 0 Å². The van der Waals surface area contributed by atoms with Gasteiger partial charge in [-0.05, 0) is 50.8 Å². The van der Waals surface area contributed by atoms with Crippen molar-refractivity contribution in [1.29, 1.82) is 0 Å². The fourth-order valence-corrected chi connectivity index (χ4v) is 3.39. The van der Waals surface area contributed by atoms with Crippen molar-refractivity contribution in [3.05, 3.63) is 23.4 Å². The Kier molecular flexibility index (Phi) is 5.00. The maximum atomic E-state index is 5.32. The van der Waals surface area contributed by atoms with Gasteiger partial charge < -0.3 is 14.7 Å². The molecule has 1 aliphatic heterocycles. The Hall–Kier alpha value is -1.24. The van der Waals surface area contributed by atoms with Crippen molar-refractivity contribution in [2.75, 3.05) is 26.7 Å². The molecule has 0 bridgehead atoms. The number of hydrogen-bond acceptors (Lipinski definition) is 6. The van der Waals surface area contributed by atoms with Gasteiger partial charge >= 0.3 is 0 Å². The largest absolute Gasteiger partial charge is 0.339 e. The number of hydrogen-bond donors (Lipinski definition) is 1. The maximum Gasteiger partial charge on any atom is 0.227 e. The van der Waals surface area contributed by atoms with Gasteiger partial charge in [0, 0.05) is 19.0 Å². The normalized spacial score (nSPS) is 18.7. The first-order valence-electron chi connectivity index (χ1n) is 7.59. The molecule has 1 N–H and O–H groups in total. The van der Waals surface area contributed by atoms with E-state index in [1.165, 1.54) is 19.4 Å². The molecule has 1 aliphatic rings. The second-order valence-electron chi connectivity index (χ2n) is 5.65. The maximum absolute atomic E-state index is 5.32. The zero-order chi connectivity index (χ0) is 14.5. The fraction of sp³-hybridized carbons (Fsp3) is 0.600. The summed E-state index contributed by atoms with van der Waals surface area (Å²) in [6.07, 6.45) is 4.51. The van der Waals surface area contributed by atoms with Crippen LogP contribution < -0.4 is 5.32 Å². The molecular formula is C15H22N4OS. The Morgan fingerprint density at radius 1 is 1.52 bits per heavy atom. The summed E-state index contributed by atoms with van der Waals surface area (Å²) >= 11 is 1.64. The van der Waals surface area contributed by atoms with Crippen LogP contribution in [0.15, 0.2) is 22.0 Å². The van der Waals surface area contributed by atoms with Crippen LogP contribution in [0.4, 0.5) is 0 Å². The minimum atomic E-state index is 0.670. The lowest BCUT2D eigenvalue weighted by atomic mass is 10.2. The molecule has 2 aromatic rings. The van der Waals surface area contributed by atoms with Crippen molar-refractivity contribution in [1.82, 2.24) is 20.4 Å². The van der Waals surface area contributed by atoms with Crippen molar-refractivity contribution in [2.45, 2.75) is 31.7 Å². The molecule has 0 aliphatic carbocycles. The lowest BCUT2D eigenvalue weighted by molar-refractivity contribution is 0.289. The number of rotatable bonds is 7. The number of nitrogens with one attached hydrogen (secondary N) is 1. The highest BCUT2D eigenvalue weighted by atomic mass is 32.1. The highest BCUT2D eigenvalue weighted by Crippen LogP contribution is 2.21. The summed E-state index contributed by atoms with van der Waals surface area (Å²) in [5.41, 5.74) is 0. The molecule has 1 unspecified atom stereocenters. The van der Waals surface area contributed by atoms with Gasteiger partial charge in [-0.1, -0.05) is 11.2 Å². The van der Waals surface area contributed by atoms with E-state index in [4.69, 9.17) is 4.52 Å². The first kappa shape index (κ1) is 14.7. The van der Waals surface area contributed by atoms with Gasteiger partial charge in [0.2, 0.25) is 11.7 Å². The first-order valence-corrected chi connectivity index (χ1v) is 8.47. The molecule has 2 aromatic heterocycles. The van der Waals surface area contributed by atoms with Gasteiger partial charge in [0.15, 0.2) is 0 Å². The molecule has 21 heavy (non-hydrogen) atoms. The third-order valence-corrected chi connectivity index (χ3v) is 4.70. The molecule has 0 saturated carbocycles. The standard InChI is InChI=1S/C15H22N4OS/c1-19(11-12-5-2-8-16-12)9-3-7-14-17-15(18-20-14)13-6-4-10-21-13/h4,6,10,12,16H,2-3,5,7-9,11H2,1H3. The third kappa shape index (κ3) is 4.12. The van der Waals surface area contributed by atoms with Crippen LogP contribution in [0.1, 0.15) is 25.2 Å². The summed E-state index contributed by atoms with van der Waals surface area (Å²) in [6.45, 7) is 3.37. The van der Waals surface area contributed by atoms with Crippen LogP contribution in [-0.4, -0.2) is 47.8 Å². The van der Waals surface area contributed by atoms with Gasteiger partial charge in [-0.2, -0.15) is 4.98 Å². The topological polar surface area (TPSA) is 54.2 Å². The second-order valence-corrected chi connectivity index (χ2v) is 6.60. The molecule has 1 atom stereocenters. The van der Waals surface area contributed by atoms with Crippen molar-refractivity contribution in [2.24, 2.45) is 0 Å². The Balaban J connectivity index is 1.41. The van der Waals surface area contributed by atoms with E-state index in [0.717, 1.165) is 36.7 Å². The van der Waals surface area contributed by atoms with Crippen molar-refractivity contribution in [3.8, 4) is 10.7 Å². The van der Waals surface area contributed by atoms with Crippen LogP contribution in [0.25, 0.3) is 10.7 Å². The molecule has 5 nitrogen and oxygen atoms in total. The minimum Gasteiger partial charge on any atom is -0.339 e. The van der Waals surface area contributed by atoms with E-state index in [-0.39, 0.29) is 0 Å². The number of likely N-dealkylation sites (N-methyl/N-ethyl adjacent to an activating group) is 1. The summed E-state index contributed by atoms with van der Waals surface area (Å²) in [6, 6.07) is 4.69. The average Bonchev–Trinajstić information content (AvgIpc) is 3.21. The first-order chi connectivity index (χ1) is 10.3. The quantitative estimate of drug-likeness (QED) is 0.851. The van der Waals surface area contributed by atoms with Crippen LogP contribution in [0, 0.1) is 0 Å². The van der Waals surface area contributed by atoms with Crippen molar-refractivity contribution >= 4 is 11.3 Å². The lowest BCUT2D eigenvalue weighted by Crippen LogP contribution is -2.35. The molecule has 0 aromatic carbocycles. The molecule has 3 heterocycles. The summed E-state index contributed by atoms with van der Waals surface area (Å²) < 4.78 is 5.32. The number of thiophene rings is 1. The van der Waals surface area contributed by atoms with Gasteiger partial charge in [-0.25, -0.2) is 0 Å². The van der Waals surface area contributed by atoms with Gasteiger partial charge in [0.25, 0.3) is 0 Å². The molecule has 0 spiro atoms. The molecule has 0 amide bonds. The van der Waals surface area contributed by atoms with Crippen LogP contribution in [0.3, 0.4) is 0 Å². The highest BCUT2D eigenvalue weighted by molar-refractivity contribution is 7.13. The molecule has 0 radical (unpaired) electrons. The minimum absolute atomic E-state index is 0.670. The zero-order valence-corrected chi connectivity index (χ0v) is 13.2. The Labute approximate surface area is 129 Å². The summed E-state index contributed by atoms with van der Waals surface area (Å²) in [7, 11) is 2.19.